The Morgan fingerprint density at radius 3 is 1.73 bits per heavy atom. The van der Waals surface area contributed by atoms with Crippen molar-refractivity contribution in [2.45, 2.75) is 136 Å². The summed E-state index contributed by atoms with van der Waals surface area (Å²) in [6, 6.07) is 0. The van der Waals surface area contributed by atoms with Crippen LogP contribution in [0.2, 0.25) is 0 Å². The Hall–Kier alpha value is -0.0400. The van der Waals surface area contributed by atoms with Crippen molar-refractivity contribution in [3.63, 3.8) is 0 Å². The predicted octanol–water partition coefficient (Wildman–Crippen LogP) is 8.26. The monoisotopic (exact) mass is 365 g/mol. The van der Waals surface area contributed by atoms with Gasteiger partial charge in [0.2, 0.25) is 0 Å². The SMILES string of the molecule is CCCC[C@@H](CCC)C(CN)(CCCC)C1CCCCCCCCCC1. The third-order valence-electron chi connectivity index (χ3n) is 7.40. The maximum Gasteiger partial charge on any atom is -0.00152 e. The second kappa shape index (κ2) is 14.9. The molecule has 1 heteroatoms. The zero-order chi connectivity index (χ0) is 19.1. The fourth-order valence-corrected chi connectivity index (χ4v) is 5.76. The minimum Gasteiger partial charge on any atom is -0.330 e. The Morgan fingerprint density at radius 1 is 0.731 bits per heavy atom. The van der Waals surface area contributed by atoms with E-state index in [9.17, 15) is 0 Å². The van der Waals surface area contributed by atoms with Crippen LogP contribution in [0.3, 0.4) is 0 Å². The van der Waals surface area contributed by atoms with Crippen molar-refractivity contribution in [2.24, 2.45) is 23.0 Å². The van der Waals surface area contributed by atoms with Gasteiger partial charge in [-0.15, -0.1) is 0 Å². The molecule has 156 valence electrons. The van der Waals surface area contributed by atoms with Gasteiger partial charge in [-0.05, 0) is 49.5 Å². The summed E-state index contributed by atoms with van der Waals surface area (Å²) in [5.41, 5.74) is 7.10. The van der Waals surface area contributed by atoms with Crippen molar-refractivity contribution >= 4 is 0 Å². The van der Waals surface area contributed by atoms with E-state index in [0.29, 0.717) is 5.41 Å². The molecule has 0 aromatic rings. The highest BCUT2D eigenvalue weighted by atomic mass is 14.6. The summed E-state index contributed by atoms with van der Waals surface area (Å²) < 4.78 is 0. The van der Waals surface area contributed by atoms with Gasteiger partial charge in [0.1, 0.15) is 0 Å². The molecule has 0 amide bonds. The van der Waals surface area contributed by atoms with E-state index >= 15 is 0 Å². The lowest BCUT2D eigenvalue weighted by atomic mass is 9.59. The molecule has 1 fully saturated rings. The molecule has 0 heterocycles. The second-order valence-corrected chi connectivity index (χ2v) is 9.27. The van der Waals surface area contributed by atoms with Gasteiger partial charge in [-0.25, -0.2) is 0 Å². The van der Waals surface area contributed by atoms with Gasteiger partial charge >= 0.3 is 0 Å². The van der Waals surface area contributed by atoms with Crippen LogP contribution in [-0.2, 0) is 0 Å². The lowest BCUT2D eigenvalue weighted by Crippen LogP contribution is -2.45. The molecule has 2 N–H and O–H groups in total. The molecule has 0 spiro atoms. The molecule has 0 aliphatic heterocycles. The molecule has 1 nitrogen and oxygen atoms in total. The van der Waals surface area contributed by atoms with Crippen molar-refractivity contribution in [2.75, 3.05) is 6.54 Å². The molecule has 0 bridgehead atoms. The summed E-state index contributed by atoms with van der Waals surface area (Å²) in [6.07, 6.45) is 25.5. The van der Waals surface area contributed by atoms with Crippen molar-refractivity contribution in [3.05, 3.63) is 0 Å². The quantitative estimate of drug-likeness (QED) is 0.392. The average Bonchev–Trinajstić information content (AvgIpc) is 2.72. The smallest absolute Gasteiger partial charge is 0.00152 e. The van der Waals surface area contributed by atoms with Gasteiger partial charge in [0.25, 0.3) is 0 Å². The highest BCUT2D eigenvalue weighted by Gasteiger charge is 2.42. The number of nitrogens with two attached hydrogens (primary N) is 1. The molecule has 0 radical (unpaired) electrons. The van der Waals surface area contributed by atoms with Crippen molar-refractivity contribution in [1.82, 2.24) is 0 Å². The molecule has 1 saturated carbocycles. The zero-order valence-corrected chi connectivity index (χ0v) is 18.7. The maximum absolute atomic E-state index is 6.67. The van der Waals surface area contributed by atoms with Gasteiger partial charge in [-0.3, -0.25) is 0 Å². The van der Waals surface area contributed by atoms with Gasteiger partial charge in [0.05, 0.1) is 0 Å². The van der Waals surface area contributed by atoms with Gasteiger partial charge in [0, 0.05) is 0 Å². The molecular weight excluding hydrogens is 314 g/mol. The van der Waals surface area contributed by atoms with Crippen LogP contribution in [0.15, 0.2) is 0 Å². The number of rotatable bonds is 11. The van der Waals surface area contributed by atoms with Crippen LogP contribution in [0.5, 0.6) is 0 Å². The summed E-state index contributed by atoms with van der Waals surface area (Å²) in [4.78, 5) is 0. The van der Waals surface area contributed by atoms with E-state index in [1.54, 1.807) is 0 Å². The third-order valence-corrected chi connectivity index (χ3v) is 7.40. The Kier molecular flexibility index (Phi) is 13.8. The number of unbranched alkanes of at least 4 members (excludes halogenated alkanes) is 2. The third kappa shape index (κ3) is 7.91. The van der Waals surface area contributed by atoms with E-state index in [2.05, 4.69) is 20.8 Å². The maximum atomic E-state index is 6.67. The Bertz CT molecular complexity index is 301. The molecule has 0 aromatic heterocycles. The zero-order valence-electron chi connectivity index (χ0n) is 18.7. The Morgan fingerprint density at radius 2 is 1.27 bits per heavy atom. The lowest BCUT2D eigenvalue weighted by Gasteiger charge is -2.47. The van der Waals surface area contributed by atoms with E-state index in [1.807, 2.05) is 0 Å². The highest BCUT2D eigenvalue weighted by molar-refractivity contribution is 4.93. The molecule has 0 saturated heterocycles. The Balaban J connectivity index is 3.01. The van der Waals surface area contributed by atoms with Gasteiger partial charge in [-0.2, -0.15) is 0 Å². The van der Waals surface area contributed by atoms with Crippen LogP contribution in [0.25, 0.3) is 0 Å². The van der Waals surface area contributed by atoms with Crippen LogP contribution >= 0.6 is 0 Å². The standard InChI is InChI=1S/C25H51N/c1-4-7-18-23(17-6-3)25(22-26,21-8-5-2)24-19-15-13-11-9-10-12-14-16-20-24/h23-24H,4-22,26H2,1-3H3/t23-,25?/m1/s1. The molecule has 1 aliphatic rings. The van der Waals surface area contributed by atoms with Crippen LogP contribution in [0.1, 0.15) is 136 Å². The first kappa shape index (κ1) is 24.0. The molecular formula is C25H51N. The average molecular weight is 366 g/mol. The molecule has 1 rings (SSSR count). The predicted molar refractivity (Wildman–Crippen MR) is 119 cm³/mol. The van der Waals surface area contributed by atoms with Crippen molar-refractivity contribution in [3.8, 4) is 0 Å². The van der Waals surface area contributed by atoms with Crippen LogP contribution in [0, 0.1) is 17.3 Å². The van der Waals surface area contributed by atoms with Crippen molar-refractivity contribution in [1.29, 1.82) is 0 Å². The van der Waals surface area contributed by atoms with Crippen LogP contribution < -0.4 is 5.73 Å². The van der Waals surface area contributed by atoms with E-state index in [-0.39, 0.29) is 0 Å². The van der Waals surface area contributed by atoms with Gasteiger partial charge in [0.15, 0.2) is 0 Å². The van der Waals surface area contributed by atoms with E-state index in [1.165, 1.54) is 116 Å². The highest BCUT2D eigenvalue weighted by Crippen LogP contribution is 2.48. The molecule has 0 aromatic carbocycles. The number of hydrogen-bond acceptors (Lipinski definition) is 1. The number of hydrogen-bond donors (Lipinski definition) is 1. The van der Waals surface area contributed by atoms with Crippen LogP contribution in [-0.4, -0.2) is 6.54 Å². The fraction of sp³-hybridized carbons (Fsp3) is 1.00. The minimum absolute atomic E-state index is 0.426. The normalized spacial score (nSPS) is 21.7. The molecule has 1 aliphatic carbocycles. The van der Waals surface area contributed by atoms with Crippen molar-refractivity contribution < 1.29 is 0 Å². The topological polar surface area (TPSA) is 26.0 Å². The first-order chi connectivity index (χ1) is 12.7. The molecule has 1 unspecified atom stereocenters. The van der Waals surface area contributed by atoms with Gasteiger partial charge in [-0.1, -0.05) is 111 Å². The lowest BCUT2D eigenvalue weighted by molar-refractivity contribution is 0.0364. The van der Waals surface area contributed by atoms with E-state index in [0.717, 1.165) is 18.4 Å². The van der Waals surface area contributed by atoms with Gasteiger partial charge < -0.3 is 5.73 Å². The summed E-state index contributed by atoms with van der Waals surface area (Å²) in [7, 11) is 0. The van der Waals surface area contributed by atoms with E-state index in [4.69, 9.17) is 5.73 Å². The largest absolute Gasteiger partial charge is 0.330 e. The van der Waals surface area contributed by atoms with E-state index < -0.39 is 0 Å². The summed E-state index contributed by atoms with van der Waals surface area (Å²) in [6.45, 7) is 8.04. The fourth-order valence-electron chi connectivity index (χ4n) is 5.76. The summed E-state index contributed by atoms with van der Waals surface area (Å²) in [5, 5.41) is 0. The Labute approximate surface area is 166 Å². The van der Waals surface area contributed by atoms with Crippen LogP contribution in [0.4, 0.5) is 0 Å². The summed E-state index contributed by atoms with van der Waals surface area (Å²) in [5.74, 6) is 1.74. The first-order valence-electron chi connectivity index (χ1n) is 12.4. The minimum atomic E-state index is 0.426. The second-order valence-electron chi connectivity index (χ2n) is 9.27. The molecule has 26 heavy (non-hydrogen) atoms. The molecule has 2 atom stereocenters. The first-order valence-corrected chi connectivity index (χ1v) is 12.4. The summed E-state index contributed by atoms with van der Waals surface area (Å²) >= 11 is 0.